The van der Waals surface area contributed by atoms with Crippen molar-refractivity contribution in [2.75, 3.05) is 5.43 Å². The molecule has 0 atom stereocenters. The molecular weight excluding hydrogens is 278 g/mol. The van der Waals surface area contributed by atoms with Crippen molar-refractivity contribution in [3.63, 3.8) is 0 Å². The fourth-order valence-corrected chi connectivity index (χ4v) is 2.11. The number of rotatable bonds is 2. The van der Waals surface area contributed by atoms with Gasteiger partial charge in [-0.25, -0.2) is 0 Å². The molecule has 2 aromatic rings. The highest BCUT2D eigenvalue weighted by Gasteiger charge is 2.04. The maximum atomic E-state index is 8.80. The minimum absolute atomic E-state index is 0.642. The van der Waals surface area contributed by atoms with E-state index in [0.29, 0.717) is 5.56 Å². The van der Waals surface area contributed by atoms with E-state index in [1.165, 1.54) is 0 Å². The molecule has 0 aliphatic rings. The zero-order valence-electron chi connectivity index (χ0n) is 9.66. The molecule has 0 saturated heterocycles. The van der Waals surface area contributed by atoms with E-state index < -0.39 is 0 Å². The Labute approximate surface area is 109 Å². The monoisotopic (exact) mass is 289 g/mol. The lowest BCUT2D eigenvalue weighted by Gasteiger charge is -2.14. The summed E-state index contributed by atoms with van der Waals surface area (Å²) in [5.41, 5.74) is 7.15. The molecule has 0 fully saturated rings. The second-order valence-corrected chi connectivity index (χ2v) is 4.72. The van der Waals surface area contributed by atoms with Crippen molar-refractivity contribution in [3.8, 4) is 6.07 Å². The van der Waals surface area contributed by atoms with Crippen LogP contribution in [0.5, 0.6) is 0 Å². The third kappa shape index (κ3) is 2.34. The number of nitrogens with one attached hydrogen (secondary N) is 1. The van der Waals surface area contributed by atoms with E-state index in [9.17, 15) is 0 Å². The highest BCUT2D eigenvalue weighted by Crippen LogP contribution is 2.24. The maximum Gasteiger partial charge on any atom is 0.0992 e. The molecule has 3 nitrogen and oxygen atoms in total. The first kappa shape index (κ1) is 11.7. The minimum Gasteiger partial charge on any atom is -0.293 e. The Balaban J connectivity index is 2.34. The van der Waals surface area contributed by atoms with Gasteiger partial charge in [-0.15, -0.1) is 0 Å². The van der Waals surface area contributed by atoms with Gasteiger partial charge in [0.25, 0.3) is 0 Å². The van der Waals surface area contributed by atoms with Gasteiger partial charge in [0, 0.05) is 15.9 Å². The Morgan fingerprint density at radius 2 is 1.82 bits per heavy atom. The summed E-state index contributed by atoms with van der Waals surface area (Å²) in [6.45, 7) is 4.08. The molecule has 0 bridgehead atoms. The molecule has 0 aliphatic heterocycles. The van der Waals surface area contributed by atoms with Crippen LogP contribution in [-0.4, -0.2) is 4.68 Å². The van der Waals surface area contributed by atoms with Gasteiger partial charge in [0.1, 0.15) is 0 Å². The van der Waals surface area contributed by atoms with Gasteiger partial charge in [-0.3, -0.25) is 10.1 Å². The summed E-state index contributed by atoms with van der Waals surface area (Å²) < 4.78 is 2.88. The Kier molecular flexibility index (Phi) is 3.21. The summed E-state index contributed by atoms with van der Waals surface area (Å²) in [6.07, 6.45) is 0. The topological polar surface area (TPSA) is 40.8 Å². The number of nitrogens with zero attached hydrogens (tertiary/aromatic N) is 2. The van der Waals surface area contributed by atoms with Gasteiger partial charge < -0.3 is 0 Å². The van der Waals surface area contributed by atoms with Crippen LogP contribution in [0, 0.1) is 25.2 Å². The fourth-order valence-electron chi connectivity index (χ4n) is 1.64. The predicted molar refractivity (Wildman–Crippen MR) is 71.8 cm³/mol. The standard InChI is InChI=1S/C13H12BrN3/c1-9-3-4-10(2)17(9)16-13-6-5-11(8-15)7-12(13)14/h3-7,16H,1-2H3. The van der Waals surface area contributed by atoms with Crippen LogP contribution in [0.3, 0.4) is 0 Å². The summed E-state index contributed by atoms with van der Waals surface area (Å²) in [5.74, 6) is 0. The molecule has 86 valence electrons. The zero-order valence-corrected chi connectivity index (χ0v) is 11.2. The van der Waals surface area contributed by atoms with Crippen molar-refractivity contribution in [1.82, 2.24) is 4.68 Å². The van der Waals surface area contributed by atoms with Gasteiger partial charge in [0.15, 0.2) is 0 Å². The van der Waals surface area contributed by atoms with Crippen LogP contribution >= 0.6 is 15.9 Å². The first-order valence-electron chi connectivity index (χ1n) is 5.23. The third-order valence-corrected chi connectivity index (χ3v) is 3.26. The van der Waals surface area contributed by atoms with Crippen LogP contribution in [0.25, 0.3) is 0 Å². The van der Waals surface area contributed by atoms with Gasteiger partial charge in [0.2, 0.25) is 0 Å². The molecule has 0 radical (unpaired) electrons. The molecule has 1 aromatic carbocycles. The van der Waals surface area contributed by atoms with Crippen LogP contribution < -0.4 is 5.43 Å². The molecule has 0 amide bonds. The van der Waals surface area contributed by atoms with E-state index in [2.05, 4.69) is 39.6 Å². The lowest BCUT2D eigenvalue weighted by molar-refractivity contribution is 0.880. The molecule has 4 heteroatoms. The van der Waals surface area contributed by atoms with Crippen LogP contribution in [0.1, 0.15) is 17.0 Å². The number of hydrogen-bond acceptors (Lipinski definition) is 2. The highest BCUT2D eigenvalue weighted by atomic mass is 79.9. The number of hydrogen-bond donors (Lipinski definition) is 1. The van der Waals surface area contributed by atoms with E-state index in [0.717, 1.165) is 21.5 Å². The molecule has 1 N–H and O–H groups in total. The highest BCUT2D eigenvalue weighted by molar-refractivity contribution is 9.10. The molecule has 0 saturated carbocycles. The van der Waals surface area contributed by atoms with Crippen molar-refractivity contribution < 1.29 is 0 Å². The maximum absolute atomic E-state index is 8.80. The molecular formula is C13H12BrN3. The van der Waals surface area contributed by atoms with Crippen molar-refractivity contribution in [3.05, 3.63) is 51.8 Å². The van der Waals surface area contributed by atoms with E-state index >= 15 is 0 Å². The Morgan fingerprint density at radius 3 is 2.35 bits per heavy atom. The Bertz CT molecular complexity index is 574. The van der Waals surface area contributed by atoms with Crippen LogP contribution in [0.15, 0.2) is 34.8 Å². The Morgan fingerprint density at radius 1 is 1.18 bits per heavy atom. The SMILES string of the molecule is Cc1ccc(C)n1Nc1ccc(C#N)cc1Br. The normalized spacial score (nSPS) is 10.0. The number of halogens is 1. The van der Waals surface area contributed by atoms with Crippen LogP contribution in [0.4, 0.5) is 5.69 Å². The van der Waals surface area contributed by atoms with Crippen LogP contribution in [0.2, 0.25) is 0 Å². The summed E-state index contributed by atoms with van der Waals surface area (Å²) in [6, 6.07) is 11.7. The second kappa shape index (κ2) is 4.64. The van der Waals surface area contributed by atoms with Crippen molar-refractivity contribution in [2.24, 2.45) is 0 Å². The fraction of sp³-hybridized carbons (Fsp3) is 0.154. The summed E-state index contributed by atoms with van der Waals surface area (Å²) in [5, 5.41) is 8.80. The Hall–Kier alpha value is -1.73. The molecule has 1 aromatic heterocycles. The lowest BCUT2D eigenvalue weighted by atomic mass is 10.2. The van der Waals surface area contributed by atoms with Crippen molar-refractivity contribution in [2.45, 2.75) is 13.8 Å². The van der Waals surface area contributed by atoms with Gasteiger partial charge >= 0.3 is 0 Å². The molecule has 0 unspecified atom stereocenters. The largest absolute Gasteiger partial charge is 0.293 e. The van der Waals surface area contributed by atoms with Gasteiger partial charge in [-0.05, 0) is 60.1 Å². The predicted octanol–water partition coefficient (Wildman–Crippen LogP) is 3.61. The average Bonchev–Trinajstić information content (AvgIpc) is 2.63. The number of benzene rings is 1. The quantitative estimate of drug-likeness (QED) is 0.917. The summed E-state index contributed by atoms with van der Waals surface area (Å²) >= 11 is 3.46. The zero-order chi connectivity index (χ0) is 12.4. The van der Waals surface area contributed by atoms with Gasteiger partial charge in [0.05, 0.1) is 17.3 Å². The van der Waals surface area contributed by atoms with Crippen LogP contribution in [-0.2, 0) is 0 Å². The molecule has 0 spiro atoms. The van der Waals surface area contributed by atoms with E-state index in [1.807, 2.05) is 24.6 Å². The minimum atomic E-state index is 0.642. The van der Waals surface area contributed by atoms with E-state index in [4.69, 9.17) is 5.26 Å². The second-order valence-electron chi connectivity index (χ2n) is 3.87. The molecule has 17 heavy (non-hydrogen) atoms. The number of aromatic nitrogens is 1. The third-order valence-electron chi connectivity index (χ3n) is 2.60. The molecule has 2 rings (SSSR count). The van der Waals surface area contributed by atoms with Gasteiger partial charge in [-0.1, -0.05) is 0 Å². The number of aryl methyl sites for hydroxylation is 2. The first-order chi connectivity index (χ1) is 8.11. The van der Waals surface area contributed by atoms with Crippen molar-refractivity contribution >= 4 is 21.6 Å². The first-order valence-corrected chi connectivity index (χ1v) is 6.03. The van der Waals surface area contributed by atoms with Crippen molar-refractivity contribution in [1.29, 1.82) is 5.26 Å². The summed E-state index contributed by atoms with van der Waals surface area (Å²) in [7, 11) is 0. The average molecular weight is 290 g/mol. The van der Waals surface area contributed by atoms with E-state index in [1.54, 1.807) is 12.1 Å². The summed E-state index contributed by atoms with van der Waals surface area (Å²) in [4.78, 5) is 0. The molecule has 1 heterocycles. The van der Waals surface area contributed by atoms with Gasteiger partial charge in [-0.2, -0.15) is 5.26 Å². The number of anilines is 1. The lowest BCUT2D eigenvalue weighted by Crippen LogP contribution is -2.12. The number of nitriles is 1. The van der Waals surface area contributed by atoms with E-state index in [-0.39, 0.29) is 0 Å². The molecule has 0 aliphatic carbocycles. The smallest absolute Gasteiger partial charge is 0.0992 e.